The van der Waals surface area contributed by atoms with E-state index >= 15 is 38.4 Å². The number of carbonyl (C=O) groups is 16. The molecule has 0 bridgehead atoms. The summed E-state index contributed by atoms with van der Waals surface area (Å²) in [4.78, 5) is 242. The number of primary amides is 1. The number of ether oxygens (including phenoxy) is 1. The standard InChI is InChI=1S/C96H121N13O19S/c1-11-12-27-81-95(126)106(7)52-70(113)48-67(54-128-57-110)84(115)50-72(59(4)5)88(119)101-75(43-63-30-28-60(6)29-31-63)91(122)104-78(46-65-34-38-69(112)39-35-65)93(124)107(8)53-86(117)99-77(49-66-51-98-73-26-20-19-25-71(66)73)92(123)103-76(44-64-32-36-68(111)37-33-64)90(121)102-74(42-58(2)3)89(120)105-80(83(114)40-41-85(97)116)55-129-56-87(118)100-79(45-61-21-15-13-16-22-61)94(125)109(10)82(96(127)108(81)9)47-62-23-17-14-18-24-62/h13-26,28-39,51,57-59,67,72,74-82,98,111-112H,11-12,27,40-50,52-56H2,1-10H3,(H2,97,116)(H,99,117)(H,100,118)(H,101,119)(H,102,121)(H,103,123)(H,104,122)(H,105,120)/t67-,72-,74-,75-,76-,77-,78-,79-,80-,81-,82-/m0/s1. The normalized spacial score (nSPS) is 22.0. The van der Waals surface area contributed by atoms with Crippen LogP contribution < -0.4 is 43.0 Å². The number of fused-ring (bicyclic) bond motifs is 1. The van der Waals surface area contributed by atoms with Crippen molar-refractivity contribution >= 4 is 117 Å². The van der Waals surface area contributed by atoms with Gasteiger partial charge in [0, 0.05) is 121 Å². The first-order chi connectivity index (χ1) is 61.5. The Hall–Kier alpha value is -13.1. The number of hydrogen-bond donors (Lipinski definition) is 11. The van der Waals surface area contributed by atoms with Crippen molar-refractivity contribution in [1.29, 1.82) is 0 Å². The molecule has 1 fully saturated rings. The van der Waals surface area contributed by atoms with Crippen molar-refractivity contribution in [2.24, 2.45) is 29.4 Å². The van der Waals surface area contributed by atoms with Gasteiger partial charge in [-0.3, -0.25) is 76.7 Å². The first-order valence-corrected chi connectivity index (χ1v) is 44.5. The summed E-state index contributed by atoms with van der Waals surface area (Å²) < 4.78 is 5.14. The summed E-state index contributed by atoms with van der Waals surface area (Å²) in [6, 6.07) is 30.1. The van der Waals surface area contributed by atoms with E-state index in [1.165, 1.54) is 86.5 Å². The number of aryl methyl sites for hydroxylation is 1. The van der Waals surface area contributed by atoms with Crippen LogP contribution in [0.3, 0.4) is 0 Å². The lowest BCUT2D eigenvalue weighted by Gasteiger charge is -2.37. The first-order valence-electron chi connectivity index (χ1n) is 43.4. The number of phenolic OH excluding ortho intramolecular Hbond substituents is 2. The van der Waals surface area contributed by atoms with E-state index in [1.807, 2.05) is 13.8 Å². The molecular formula is C96H121N13O19S. The molecule has 7 aromatic rings. The number of rotatable bonds is 25. The van der Waals surface area contributed by atoms with E-state index in [-0.39, 0.29) is 81.0 Å². The van der Waals surface area contributed by atoms with Crippen LogP contribution in [-0.2, 0) is 120 Å². The number of phenols is 2. The Bertz CT molecular complexity index is 5040. The lowest BCUT2D eigenvalue weighted by molar-refractivity contribution is -0.151. The Kier molecular flexibility index (Phi) is 39.2. The van der Waals surface area contributed by atoms with Crippen LogP contribution in [0.15, 0.2) is 164 Å². The predicted octanol–water partition coefficient (Wildman–Crippen LogP) is 5.41. The van der Waals surface area contributed by atoms with Gasteiger partial charge >= 0.3 is 0 Å². The van der Waals surface area contributed by atoms with Crippen LogP contribution in [0.1, 0.15) is 125 Å². The average molecular weight is 1790 g/mol. The van der Waals surface area contributed by atoms with E-state index < -0.39 is 211 Å². The fourth-order valence-corrected chi connectivity index (χ4v) is 16.3. The quantitative estimate of drug-likeness (QED) is 0.0319. The monoisotopic (exact) mass is 1790 g/mol. The number of para-hydroxylation sites is 1. The number of carbonyl (C=O) groups excluding carboxylic acids is 16. The number of nitrogens with two attached hydrogens (primary N) is 1. The maximum Gasteiger partial charge on any atom is 0.293 e. The average Bonchev–Trinajstić information content (AvgIpc) is 1.77. The highest BCUT2D eigenvalue weighted by Gasteiger charge is 2.41. The number of ketones is 3. The molecule has 690 valence electrons. The Morgan fingerprint density at radius 2 is 0.992 bits per heavy atom. The van der Waals surface area contributed by atoms with Crippen molar-refractivity contribution in [2.75, 3.05) is 59.4 Å². The summed E-state index contributed by atoms with van der Waals surface area (Å²) in [5.41, 5.74) is 10.2. The SMILES string of the molecule is CCCC[C@H]1C(=O)N(C)CC(=O)C[C@@H](COC=O)C(=O)C[C@@H](C(C)C)C(=O)N[C@@H](Cc2ccc(C)cc2)C(=O)N[C@@H](Cc2ccc(O)cc2)C(=O)N(C)CC(=O)N[C@@H](Cc2c[nH]c3ccccc23)C(=O)N[C@@H](Cc2ccc(O)cc2)C(=O)N[C@@H](CC(C)C)C(=O)N[C@H](C(=O)CCC(N)=O)CSCC(=O)N[C@@H](Cc2ccccc2)C(=O)N(C)[C@@H](Cc2ccccc2)C(=O)N1C. The molecule has 32 nitrogen and oxygen atoms in total. The van der Waals surface area contributed by atoms with Crippen LogP contribution in [0.5, 0.6) is 11.5 Å². The highest BCUT2D eigenvalue weighted by Crippen LogP contribution is 2.27. The van der Waals surface area contributed by atoms with Gasteiger partial charge in [-0.2, -0.15) is 0 Å². The molecule has 0 saturated carbocycles. The Morgan fingerprint density at radius 1 is 0.512 bits per heavy atom. The summed E-state index contributed by atoms with van der Waals surface area (Å²) in [6.07, 6.45) is -0.557. The topological polar surface area (TPSA) is 462 Å². The van der Waals surface area contributed by atoms with Crippen molar-refractivity contribution in [3.05, 3.63) is 203 Å². The Morgan fingerprint density at radius 3 is 1.55 bits per heavy atom. The molecule has 1 saturated heterocycles. The van der Waals surface area contributed by atoms with Crippen molar-refractivity contribution in [1.82, 2.24) is 61.8 Å². The smallest absolute Gasteiger partial charge is 0.293 e. The second kappa shape index (κ2) is 49.9. The number of aromatic nitrogens is 1. The number of likely N-dealkylation sites (N-methyl/N-ethyl adjacent to an activating group) is 4. The van der Waals surface area contributed by atoms with Gasteiger partial charge in [0.25, 0.3) is 6.47 Å². The summed E-state index contributed by atoms with van der Waals surface area (Å²) in [5, 5.41) is 41.0. The zero-order chi connectivity index (χ0) is 94.1. The van der Waals surface area contributed by atoms with Crippen LogP contribution in [0.2, 0.25) is 0 Å². The van der Waals surface area contributed by atoms with Crippen LogP contribution in [0, 0.1) is 30.6 Å². The molecule has 0 spiro atoms. The third kappa shape index (κ3) is 31.4. The number of amides is 12. The fraction of sp³-hybridized carbons (Fsp3) is 0.438. The van der Waals surface area contributed by atoms with Gasteiger partial charge in [-0.15, -0.1) is 11.8 Å². The summed E-state index contributed by atoms with van der Waals surface area (Å²) in [7, 11) is 5.44. The van der Waals surface area contributed by atoms with Gasteiger partial charge in [0.1, 0.15) is 72.2 Å². The summed E-state index contributed by atoms with van der Waals surface area (Å²) in [6.45, 7) is 8.68. The zero-order valence-electron chi connectivity index (χ0n) is 74.7. The van der Waals surface area contributed by atoms with Crippen LogP contribution >= 0.6 is 11.8 Å². The number of Topliss-reactive ketones (excluding diaryl/α,β-unsaturated/α-hetero) is 3. The highest BCUT2D eigenvalue weighted by molar-refractivity contribution is 8.00. The van der Waals surface area contributed by atoms with Crippen LogP contribution in [0.4, 0.5) is 0 Å². The maximum absolute atomic E-state index is 15.5. The minimum absolute atomic E-state index is 0.0637. The third-order valence-electron chi connectivity index (χ3n) is 22.7. The molecule has 12 N–H and O–H groups in total. The van der Waals surface area contributed by atoms with E-state index in [9.17, 15) is 48.6 Å². The van der Waals surface area contributed by atoms with Crippen LogP contribution in [-0.4, -0.2) is 243 Å². The van der Waals surface area contributed by atoms with E-state index in [2.05, 4.69) is 42.2 Å². The third-order valence-corrected chi connectivity index (χ3v) is 23.8. The second-order valence-electron chi connectivity index (χ2n) is 33.8. The van der Waals surface area contributed by atoms with E-state index in [0.29, 0.717) is 57.1 Å². The lowest BCUT2D eigenvalue weighted by Crippen LogP contribution is -2.59. The van der Waals surface area contributed by atoms with Gasteiger partial charge < -0.3 is 82.5 Å². The maximum atomic E-state index is 15.5. The number of hydrogen-bond acceptors (Lipinski definition) is 20. The molecule has 33 heteroatoms. The molecular weight excluding hydrogens is 1670 g/mol. The molecule has 0 radical (unpaired) electrons. The van der Waals surface area contributed by atoms with Gasteiger partial charge in [-0.1, -0.05) is 180 Å². The van der Waals surface area contributed by atoms with Crippen molar-refractivity contribution < 1.29 is 91.7 Å². The molecule has 11 atom stereocenters. The lowest BCUT2D eigenvalue weighted by atomic mass is 9.84. The van der Waals surface area contributed by atoms with Crippen molar-refractivity contribution in [3.63, 3.8) is 0 Å². The van der Waals surface area contributed by atoms with E-state index in [4.69, 9.17) is 10.5 Å². The number of benzene rings is 6. The van der Waals surface area contributed by atoms with Crippen molar-refractivity contribution in [3.8, 4) is 11.5 Å². The molecule has 12 amide bonds. The molecule has 1 aromatic heterocycles. The number of aromatic hydroxyl groups is 2. The minimum Gasteiger partial charge on any atom is -0.508 e. The number of aromatic amines is 1. The molecule has 2 heterocycles. The number of thioether (sulfide) groups is 1. The highest BCUT2D eigenvalue weighted by atomic mass is 32.2. The molecule has 0 unspecified atom stereocenters. The number of nitrogens with zero attached hydrogens (tertiary/aromatic N) is 4. The van der Waals surface area contributed by atoms with Crippen LogP contribution in [0.25, 0.3) is 10.9 Å². The number of H-pyrrole nitrogens is 1. The van der Waals surface area contributed by atoms with Gasteiger partial charge in [-0.25, -0.2) is 0 Å². The summed E-state index contributed by atoms with van der Waals surface area (Å²) >= 11 is 0.881. The van der Waals surface area contributed by atoms with Gasteiger partial charge in [-0.05, 0) is 95.3 Å². The van der Waals surface area contributed by atoms with E-state index in [1.54, 1.807) is 143 Å². The van der Waals surface area contributed by atoms with E-state index in [0.717, 1.165) is 27.1 Å². The largest absolute Gasteiger partial charge is 0.508 e. The van der Waals surface area contributed by atoms with Crippen molar-refractivity contribution in [2.45, 2.75) is 186 Å². The number of unbranched alkanes of at least 4 members (excludes halogenated alkanes) is 1. The molecule has 6 aromatic carbocycles. The van der Waals surface area contributed by atoms with Gasteiger partial charge in [0.15, 0.2) is 11.6 Å². The van der Waals surface area contributed by atoms with Gasteiger partial charge in [0.2, 0.25) is 70.9 Å². The predicted molar refractivity (Wildman–Crippen MR) is 486 cm³/mol. The summed E-state index contributed by atoms with van der Waals surface area (Å²) in [5.74, 6) is -16.4. The first kappa shape index (κ1) is 101. The molecule has 1 aliphatic heterocycles. The fourth-order valence-electron chi connectivity index (χ4n) is 15.4. The Balaban J connectivity index is 1.21. The Labute approximate surface area is 755 Å². The molecule has 0 aliphatic carbocycles. The number of nitrogens with one attached hydrogen (secondary N) is 8. The molecule has 1 aliphatic rings. The minimum atomic E-state index is -1.58. The second-order valence-corrected chi connectivity index (χ2v) is 34.9. The molecule has 129 heavy (non-hydrogen) atoms. The molecule has 8 rings (SSSR count). The van der Waals surface area contributed by atoms with Gasteiger partial charge in [0.05, 0.1) is 30.8 Å². The zero-order valence-corrected chi connectivity index (χ0v) is 75.5.